The average molecular weight is 351 g/mol. The van der Waals surface area contributed by atoms with Gasteiger partial charge in [-0.15, -0.1) is 0 Å². The predicted molar refractivity (Wildman–Crippen MR) is 98.0 cm³/mol. The molecule has 2 aromatic heterocycles. The van der Waals surface area contributed by atoms with Gasteiger partial charge in [-0.3, -0.25) is 4.79 Å². The van der Waals surface area contributed by atoms with Crippen LogP contribution in [0.15, 0.2) is 66.0 Å². The topological polar surface area (TPSA) is 63.6 Å². The monoisotopic (exact) mass is 350 g/mol. The Balaban J connectivity index is 1.90. The van der Waals surface area contributed by atoms with Gasteiger partial charge in [0.2, 0.25) is 0 Å². The molecule has 5 nitrogen and oxygen atoms in total. The zero-order chi connectivity index (χ0) is 17.4. The Kier molecular flexibility index (Phi) is 3.86. The first-order chi connectivity index (χ1) is 12.1. The number of H-pyrrole nitrogens is 1. The molecule has 0 aliphatic rings. The molecule has 4 aromatic rings. The van der Waals surface area contributed by atoms with Crippen LogP contribution in [0.4, 0.5) is 0 Å². The standard InChI is InChI=1S/C19H15ClN4O/c1-12-19(25)23-17-10-14(4-7-16(17)22-12)18(24-9-8-21-11-24)13-2-5-15(20)6-3-13/h2-11,18H,1H3,(H,23,25). The van der Waals surface area contributed by atoms with Gasteiger partial charge in [0, 0.05) is 17.4 Å². The van der Waals surface area contributed by atoms with E-state index in [1.807, 2.05) is 53.2 Å². The van der Waals surface area contributed by atoms with Crippen molar-refractivity contribution in [2.45, 2.75) is 13.0 Å². The molecule has 2 aromatic carbocycles. The highest BCUT2D eigenvalue weighted by molar-refractivity contribution is 6.30. The number of nitrogens with zero attached hydrogens (tertiary/aromatic N) is 3. The second-order valence-electron chi connectivity index (χ2n) is 5.89. The minimum atomic E-state index is -0.171. The minimum Gasteiger partial charge on any atom is -0.326 e. The second-order valence-corrected chi connectivity index (χ2v) is 6.33. The Morgan fingerprint density at radius 1 is 1.12 bits per heavy atom. The maximum absolute atomic E-state index is 11.9. The first-order valence-electron chi connectivity index (χ1n) is 7.85. The lowest BCUT2D eigenvalue weighted by Gasteiger charge is -2.20. The van der Waals surface area contributed by atoms with Gasteiger partial charge in [0.05, 0.1) is 23.4 Å². The molecule has 2 heterocycles. The molecule has 0 fully saturated rings. The Labute approximate surface area is 149 Å². The third kappa shape index (κ3) is 2.94. The van der Waals surface area contributed by atoms with Crippen LogP contribution >= 0.6 is 11.6 Å². The van der Waals surface area contributed by atoms with Crippen molar-refractivity contribution in [2.24, 2.45) is 0 Å². The van der Waals surface area contributed by atoms with E-state index in [9.17, 15) is 4.79 Å². The van der Waals surface area contributed by atoms with Crippen LogP contribution in [0.2, 0.25) is 5.02 Å². The number of hydrogen-bond acceptors (Lipinski definition) is 3. The number of rotatable bonds is 3. The van der Waals surface area contributed by atoms with Crippen molar-refractivity contribution in [1.82, 2.24) is 19.5 Å². The van der Waals surface area contributed by atoms with E-state index < -0.39 is 0 Å². The molecule has 0 saturated heterocycles. The number of nitrogens with one attached hydrogen (secondary N) is 1. The summed E-state index contributed by atoms with van der Waals surface area (Å²) in [6, 6.07) is 13.6. The number of halogens is 1. The van der Waals surface area contributed by atoms with Crippen molar-refractivity contribution in [3.8, 4) is 0 Å². The Morgan fingerprint density at radius 3 is 2.60 bits per heavy atom. The van der Waals surface area contributed by atoms with Gasteiger partial charge < -0.3 is 9.55 Å². The van der Waals surface area contributed by atoms with Crippen LogP contribution < -0.4 is 5.56 Å². The van der Waals surface area contributed by atoms with Crippen LogP contribution in [0, 0.1) is 6.92 Å². The zero-order valence-corrected chi connectivity index (χ0v) is 14.2. The van der Waals surface area contributed by atoms with Gasteiger partial charge in [0.15, 0.2) is 0 Å². The molecule has 0 saturated carbocycles. The fourth-order valence-corrected chi connectivity index (χ4v) is 3.10. The van der Waals surface area contributed by atoms with Crippen LogP contribution in [-0.2, 0) is 0 Å². The fourth-order valence-electron chi connectivity index (χ4n) is 2.97. The fraction of sp³-hybridized carbons (Fsp3) is 0.105. The van der Waals surface area contributed by atoms with E-state index >= 15 is 0 Å². The molecule has 0 bridgehead atoms. The molecule has 0 aliphatic heterocycles. The van der Waals surface area contributed by atoms with Gasteiger partial charge >= 0.3 is 0 Å². The zero-order valence-electron chi connectivity index (χ0n) is 13.5. The third-order valence-electron chi connectivity index (χ3n) is 4.21. The summed E-state index contributed by atoms with van der Waals surface area (Å²) in [4.78, 5) is 23.3. The first-order valence-corrected chi connectivity index (χ1v) is 8.23. The lowest BCUT2D eigenvalue weighted by molar-refractivity contribution is 0.677. The van der Waals surface area contributed by atoms with E-state index in [1.165, 1.54) is 0 Å². The molecule has 6 heteroatoms. The summed E-state index contributed by atoms with van der Waals surface area (Å²) in [5.74, 6) is 0. The molecule has 0 spiro atoms. The SMILES string of the molecule is Cc1nc2ccc(C(c3ccc(Cl)cc3)n3ccnc3)cc2[nH]c1=O. The van der Waals surface area contributed by atoms with Crippen molar-refractivity contribution in [3.63, 3.8) is 0 Å². The Bertz CT molecular complexity index is 1080. The van der Waals surface area contributed by atoms with E-state index in [2.05, 4.69) is 15.0 Å². The summed E-state index contributed by atoms with van der Waals surface area (Å²) in [7, 11) is 0. The molecule has 0 radical (unpaired) electrons. The highest BCUT2D eigenvalue weighted by Gasteiger charge is 2.17. The first kappa shape index (κ1) is 15.6. The molecular weight excluding hydrogens is 336 g/mol. The van der Waals surface area contributed by atoms with Crippen molar-refractivity contribution < 1.29 is 0 Å². The number of aryl methyl sites for hydroxylation is 1. The minimum absolute atomic E-state index is 0.0750. The molecule has 1 atom stereocenters. The smallest absolute Gasteiger partial charge is 0.269 e. The maximum atomic E-state index is 11.9. The lowest BCUT2D eigenvalue weighted by Crippen LogP contribution is -2.13. The number of imidazole rings is 1. The van der Waals surface area contributed by atoms with Crippen molar-refractivity contribution in [1.29, 1.82) is 0 Å². The third-order valence-corrected chi connectivity index (χ3v) is 4.46. The number of aromatic nitrogens is 4. The van der Waals surface area contributed by atoms with E-state index in [0.717, 1.165) is 16.6 Å². The van der Waals surface area contributed by atoms with Crippen molar-refractivity contribution in [3.05, 3.63) is 93.4 Å². The number of hydrogen-bond donors (Lipinski definition) is 1. The molecule has 124 valence electrons. The summed E-state index contributed by atoms with van der Waals surface area (Å²) in [5, 5.41) is 0.690. The lowest BCUT2D eigenvalue weighted by atomic mass is 9.98. The van der Waals surface area contributed by atoms with Gasteiger partial charge in [-0.25, -0.2) is 9.97 Å². The highest BCUT2D eigenvalue weighted by atomic mass is 35.5. The summed E-state index contributed by atoms with van der Waals surface area (Å²) in [5.41, 5.74) is 3.87. The number of benzene rings is 2. The van der Waals surface area contributed by atoms with Crippen LogP contribution in [-0.4, -0.2) is 19.5 Å². The van der Waals surface area contributed by atoms with Crippen LogP contribution in [0.5, 0.6) is 0 Å². The second kappa shape index (κ2) is 6.18. The molecule has 1 unspecified atom stereocenters. The normalized spacial score (nSPS) is 12.4. The molecule has 0 amide bonds. The van der Waals surface area contributed by atoms with Crippen LogP contribution in [0.1, 0.15) is 22.9 Å². The predicted octanol–water partition coefficient (Wildman–Crippen LogP) is 3.72. The average Bonchev–Trinajstić information content (AvgIpc) is 3.12. The van der Waals surface area contributed by atoms with Crippen molar-refractivity contribution in [2.75, 3.05) is 0 Å². The quantitative estimate of drug-likeness (QED) is 0.612. The Morgan fingerprint density at radius 2 is 1.88 bits per heavy atom. The molecule has 1 N–H and O–H groups in total. The van der Waals surface area contributed by atoms with Crippen molar-refractivity contribution >= 4 is 22.6 Å². The summed E-state index contributed by atoms with van der Waals surface area (Å²) >= 11 is 6.03. The van der Waals surface area contributed by atoms with E-state index in [1.54, 1.807) is 19.4 Å². The van der Waals surface area contributed by atoms with Crippen LogP contribution in [0.25, 0.3) is 11.0 Å². The number of fused-ring (bicyclic) bond motifs is 1. The summed E-state index contributed by atoms with van der Waals surface area (Å²) in [6.07, 6.45) is 5.44. The van der Waals surface area contributed by atoms with E-state index in [4.69, 9.17) is 11.6 Å². The highest BCUT2D eigenvalue weighted by Crippen LogP contribution is 2.29. The largest absolute Gasteiger partial charge is 0.326 e. The molecular formula is C19H15ClN4O. The summed E-state index contributed by atoms with van der Waals surface area (Å²) < 4.78 is 2.02. The van der Waals surface area contributed by atoms with Gasteiger partial charge in [-0.1, -0.05) is 29.8 Å². The van der Waals surface area contributed by atoms with Crippen LogP contribution in [0.3, 0.4) is 0 Å². The van der Waals surface area contributed by atoms with E-state index in [-0.39, 0.29) is 11.6 Å². The van der Waals surface area contributed by atoms with Gasteiger partial charge in [0.1, 0.15) is 5.69 Å². The maximum Gasteiger partial charge on any atom is 0.269 e. The molecule has 4 rings (SSSR count). The molecule has 25 heavy (non-hydrogen) atoms. The number of aromatic amines is 1. The molecule has 0 aliphatic carbocycles. The van der Waals surface area contributed by atoms with Gasteiger partial charge in [-0.2, -0.15) is 0 Å². The van der Waals surface area contributed by atoms with E-state index in [0.29, 0.717) is 16.2 Å². The Hall–Kier alpha value is -2.92. The van der Waals surface area contributed by atoms with Gasteiger partial charge in [-0.05, 0) is 42.3 Å². The van der Waals surface area contributed by atoms with Gasteiger partial charge in [0.25, 0.3) is 5.56 Å². The summed E-state index contributed by atoms with van der Waals surface area (Å²) in [6.45, 7) is 1.70.